The second-order valence-electron chi connectivity index (χ2n) is 5.34. The van der Waals surface area contributed by atoms with E-state index in [1.165, 1.54) is 27.3 Å². The summed E-state index contributed by atoms with van der Waals surface area (Å²) >= 11 is 0. The number of imidazole rings is 1. The van der Waals surface area contributed by atoms with Gasteiger partial charge in [-0.2, -0.15) is 8.78 Å². The number of para-hydroxylation sites is 4. The molecular weight excluding hydrogens is 332 g/mol. The van der Waals surface area contributed by atoms with Gasteiger partial charge >= 0.3 is 12.3 Å². The molecule has 2 aromatic carbocycles. The monoisotopic (exact) mass is 347 g/mol. The van der Waals surface area contributed by atoms with E-state index >= 15 is 0 Å². The van der Waals surface area contributed by atoms with Crippen LogP contribution in [0.2, 0.25) is 0 Å². The molecule has 0 aliphatic carbocycles. The van der Waals surface area contributed by atoms with E-state index in [0.717, 1.165) is 0 Å². The summed E-state index contributed by atoms with van der Waals surface area (Å²) < 4.78 is 32.0. The average molecular weight is 347 g/mol. The number of alkyl halides is 2. The van der Waals surface area contributed by atoms with Gasteiger partial charge in [0, 0.05) is 7.05 Å². The predicted octanol–water partition coefficient (Wildman–Crippen LogP) is 2.58. The van der Waals surface area contributed by atoms with E-state index in [1.807, 2.05) is 0 Å². The van der Waals surface area contributed by atoms with E-state index in [-0.39, 0.29) is 23.7 Å². The zero-order chi connectivity index (χ0) is 18.0. The molecule has 25 heavy (non-hydrogen) atoms. The molecule has 0 saturated carbocycles. The van der Waals surface area contributed by atoms with Gasteiger partial charge in [0.25, 0.3) is 0 Å². The quantitative estimate of drug-likeness (QED) is 0.771. The Kier molecular flexibility index (Phi) is 4.51. The number of carbonyl (C=O) groups excluding carboxylic acids is 1. The molecule has 1 amide bonds. The Morgan fingerprint density at radius 3 is 2.48 bits per heavy atom. The fraction of sp³-hybridized carbons (Fsp3) is 0.176. The molecule has 3 rings (SSSR count). The third kappa shape index (κ3) is 3.37. The first-order valence-corrected chi connectivity index (χ1v) is 7.45. The molecule has 0 aliphatic rings. The lowest BCUT2D eigenvalue weighted by Gasteiger charge is -2.11. The number of hydrogen-bond acceptors (Lipinski definition) is 3. The standard InChI is InChI=1S/C17H15F2N3O3/c1-21-12-7-3-4-8-13(12)22(17(21)24)10-15(23)20-11-6-2-5-9-14(11)25-16(18)19/h2-9,16H,10H2,1H3,(H,20,23). The van der Waals surface area contributed by atoms with E-state index in [4.69, 9.17) is 0 Å². The maximum Gasteiger partial charge on any atom is 0.387 e. The van der Waals surface area contributed by atoms with Crippen molar-refractivity contribution >= 4 is 22.6 Å². The summed E-state index contributed by atoms with van der Waals surface area (Å²) in [7, 11) is 1.62. The van der Waals surface area contributed by atoms with Crippen molar-refractivity contribution in [2.24, 2.45) is 7.05 Å². The number of nitrogens with zero attached hydrogens (tertiary/aromatic N) is 2. The third-order valence-electron chi connectivity index (χ3n) is 3.73. The number of anilines is 1. The van der Waals surface area contributed by atoms with Gasteiger partial charge in [0.1, 0.15) is 12.3 Å². The van der Waals surface area contributed by atoms with Crippen LogP contribution in [-0.4, -0.2) is 21.7 Å². The molecule has 0 radical (unpaired) electrons. The summed E-state index contributed by atoms with van der Waals surface area (Å²) in [5.41, 5.74) is 1.08. The molecule has 6 nitrogen and oxygen atoms in total. The van der Waals surface area contributed by atoms with Crippen LogP contribution in [0, 0.1) is 0 Å². The van der Waals surface area contributed by atoms with Crippen molar-refractivity contribution in [2.75, 3.05) is 5.32 Å². The summed E-state index contributed by atoms with van der Waals surface area (Å²) in [6.07, 6.45) is 0. The highest BCUT2D eigenvalue weighted by atomic mass is 19.3. The topological polar surface area (TPSA) is 65.3 Å². The summed E-state index contributed by atoms with van der Waals surface area (Å²) in [6, 6.07) is 12.9. The number of benzene rings is 2. The zero-order valence-corrected chi connectivity index (χ0v) is 13.3. The van der Waals surface area contributed by atoms with Gasteiger partial charge in [0.05, 0.1) is 16.7 Å². The van der Waals surface area contributed by atoms with E-state index in [0.29, 0.717) is 11.0 Å². The molecular formula is C17H15F2N3O3. The van der Waals surface area contributed by atoms with Crippen molar-refractivity contribution in [1.82, 2.24) is 9.13 Å². The normalized spacial score (nSPS) is 11.0. The van der Waals surface area contributed by atoms with Crippen LogP contribution in [0.15, 0.2) is 53.3 Å². The average Bonchev–Trinajstić information content (AvgIpc) is 2.82. The molecule has 0 fully saturated rings. The minimum atomic E-state index is -3.00. The van der Waals surface area contributed by atoms with Gasteiger partial charge in [-0.1, -0.05) is 24.3 Å². The van der Waals surface area contributed by atoms with Gasteiger partial charge in [-0.25, -0.2) is 4.79 Å². The van der Waals surface area contributed by atoms with Crippen molar-refractivity contribution in [3.05, 3.63) is 59.0 Å². The van der Waals surface area contributed by atoms with Crippen molar-refractivity contribution < 1.29 is 18.3 Å². The van der Waals surface area contributed by atoms with Crippen molar-refractivity contribution in [3.63, 3.8) is 0 Å². The Bertz CT molecular complexity index is 979. The number of halogens is 2. The number of rotatable bonds is 5. The van der Waals surface area contributed by atoms with Crippen LogP contribution in [0.3, 0.4) is 0 Å². The van der Waals surface area contributed by atoms with Gasteiger partial charge < -0.3 is 10.1 Å². The Morgan fingerprint density at radius 1 is 1.12 bits per heavy atom. The molecule has 0 spiro atoms. The Labute approximate surface area is 141 Å². The summed E-state index contributed by atoms with van der Waals surface area (Å²) in [5.74, 6) is -0.667. The van der Waals surface area contributed by atoms with Gasteiger partial charge in [0.2, 0.25) is 5.91 Å². The van der Waals surface area contributed by atoms with Crippen LogP contribution in [0.4, 0.5) is 14.5 Å². The van der Waals surface area contributed by atoms with Gasteiger partial charge in [-0.3, -0.25) is 13.9 Å². The van der Waals surface area contributed by atoms with Crippen LogP contribution in [0.1, 0.15) is 0 Å². The van der Waals surface area contributed by atoms with E-state index in [9.17, 15) is 18.4 Å². The maximum absolute atomic E-state index is 12.4. The van der Waals surface area contributed by atoms with Crippen LogP contribution >= 0.6 is 0 Å². The number of amides is 1. The van der Waals surface area contributed by atoms with Gasteiger partial charge in [0.15, 0.2) is 0 Å². The largest absolute Gasteiger partial charge is 0.433 e. The van der Waals surface area contributed by atoms with Crippen LogP contribution < -0.4 is 15.7 Å². The van der Waals surface area contributed by atoms with Crippen LogP contribution in [0.25, 0.3) is 11.0 Å². The molecule has 3 aromatic rings. The fourth-order valence-corrected chi connectivity index (χ4v) is 2.62. The molecule has 1 aromatic heterocycles. The lowest BCUT2D eigenvalue weighted by molar-refractivity contribution is -0.116. The number of fused-ring (bicyclic) bond motifs is 1. The highest BCUT2D eigenvalue weighted by Gasteiger charge is 2.15. The van der Waals surface area contributed by atoms with E-state index in [1.54, 1.807) is 37.4 Å². The minimum absolute atomic E-state index is 0.112. The number of hydrogen-bond donors (Lipinski definition) is 1. The highest BCUT2D eigenvalue weighted by Crippen LogP contribution is 2.25. The van der Waals surface area contributed by atoms with Crippen molar-refractivity contribution in [1.29, 1.82) is 0 Å². The molecule has 0 unspecified atom stereocenters. The molecule has 0 aliphatic heterocycles. The predicted molar refractivity (Wildman–Crippen MR) is 88.9 cm³/mol. The fourth-order valence-electron chi connectivity index (χ4n) is 2.62. The lowest BCUT2D eigenvalue weighted by Crippen LogP contribution is -2.28. The number of aromatic nitrogens is 2. The SMILES string of the molecule is Cn1c(=O)n(CC(=O)Nc2ccccc2OC(F)F)c2ccccc21. The number of carbonyl (C=O) groups is 1. The van der Waals surface area contributed by atoms with Crippen LogP contribution in [0.5, 0.6) is 5.75 Å². The first-order chi connectivity index (χ1) is 12.0. The lowest BCUT2D eigenvalue weighted by atomic mass is 10.3. The first-order valence-electron chi connectivity index (χ1n) is 7.45. The summed E-state index contributed by atoms with van der Waals surface area (Å²) in [6.45, 7) is -3.25. The molecule has 0 bridgehead atoms. The molecule has 130 valence electrons. The molecule has 1 N–H and O–H groups in total. The smallest absolute Gasteiger partial charge is 0.387 e. The Balaban J connectivity index is 1.85. The molecule has 0 saturated heterocycles. The number of aryl methyl sites for hydroxylation is 1. The first kappa shape index (κ1) is 16.7. The summed E-state index contributed by atoms with van der Waals surface area (Å²) in [4.78, 5) is 24.6. The van der Waals surface area contributed by atoms with Crippen LogP contribution in [-0.2, 0) is 18.4 Å². The van der Waals surface area contributed by atoms with Gasteiger partial charge in [-0.05, 0) is 24.3 Å². The van der Waals surface area contributed by atoms with Crippen molar-refractivity contribution in [3.8, 4) is 5.75 Å². The Hall–Kier alpha value is -3.16. The Morgan fingerprint density at radius 2 is 1.76 bits per heavy atom. The van der Waals surface area contributed by atoms with E-state index < -0.39 is 12.5 Å². The highest BCUT2D eigenvalue weighted by molar-refractivity contribution is 5.93. The summed E-state index contributed by atoms with van der Waals surface area (Å²) in [5, 5.41) is 2.50. The minimum Gasteiger partial charge on any atom is -0.433 e. The third-order valence-corrected chi connectivity index (χ3v) is 3.73. The zero-order valence-electron chi connectivity index (χ0n) is 13.3. The second kappa shape index (κ2) is 6.76. The number of ether oxygens (including phenoxy) is 1. The van der Waals surface area contributed by atoms with Gasteiger partial charge in [-0.15, -0.1) is 0 Å². The molecule has 8 heteroatoms. The van der Waals surface area contributed by atoms with E-state index in [2.05, 4.69) is 10.1 Å². The maximum atomic E-state index is 12.4. The number of nitrogens with one attached hydrogen (secondary N) is 1. The van der Waals surface area contributed by atoms with Crippen molar-refractivity contribution in [2.45, 2.75) is 13.2 Å². The molecule has 1 heterocycles. The molecule has 0 atom stereocenters. The second-order valence-corrected chi connectivity index (χ2v) is 5.34.